The van der Waals surface area contributed by atoms with Gasteiger partial charge in [-0.25, -0.2) is 13.1 Å². The summed E-state index contributed by atoms with van der Waals surface area (Å²) in [5.41, 5.74) is 3.58. The highest BCUT2D eigenvalue weighted by molar-refractivity contribution is 7.89. The summed E-state index contributed by atoms with van der Waals surface area (Å²) in [6, 6.07) is 4.63. The van der Waals surface area contributed by atoms with Crippen LogP contribution in [0, 0.1) is 6.92 Å². The van der Waals surface area contributed by atoms with E-state index in [0.29, 0.717) is 24.2 Å². The van der Waals surface area contributed by atoms with Gasteiger partial charge in [0.1, 0.15) is 12.7 Å². The zero-order valence-electron chi connectivity index (χ0n) is 13.3. The molecule has 1 fully saturated rings. The van der Waals surface area contributed by atoms with E-state index in [4.69, 9.17) is 0 Å². The fourth-order valence-corrected chi connectivity index (χ4v) is 4.24. The maximum atomic E-state index is 12.8. The van der Waals surface area contributed by atoms with E-state index in [1.54, 1.807) is 19.1 Å². The first-order valence-electron chi connectivity index (χ1n) is 7.75. The van der Waals surface area contributed by atoms with Gasteiger partial charge in [-0.15, -0.1) is 10.2 Å². The Morgan fingerprint density at radius 3 is 2.46 bits per heavy atom. The number of aryl methyl sites for hydroxylation is 1. The highest BCUT2D eigenvalue weighted by atomic mass is 32.2. The van der Waals surface area contributed by atoms with Crippen LogP contribution in [0.15, 0.2) is 35.7 Å². The molecule has 2 aromatic rings. The predicted octanol–water partition coefficient (Wildman–Crippen LogP) is 1.15. The van der Waals surface area contributed by atoms with Crippen LogP contribution in [-0.2, 0) is 10.0 Å². The van der Waals surface area contributed by atoms with Crippen molar-refractivity contribution in [3.05, 3.63) is 42.0 Å². The summed E-state index contributed by atoms with van der Waals surface area (Å²) in [6.07, 6.45) is 5.48. The van der Waals surface area contributed by atoms with Crippen LogP contribution in [0.3, 0.4) is 0 Å². The van der Waals surface area contributed by atoms with E-state index in [2.05, 4.69) is 15.6 Å². The summed E-state index contributed by atoms with van der Waals surface area (Å²) in [7, 11) is -3.57. The second kappa shape index (κ2) is 6.70. The summed E-state index contributed by atoms with van der Waals surface area (Å²) in [5, 5.41) is 7.21. The van der Waals surface area contributed by atoms with Crippen LogP contribution in [0.5, 0.6) is 0 Å². The Morgan fingerprint density at radius 2 is 1.79 bits per heavy atom. The van der Waals surface area contributed by atoms with E-state index in [-0.39, 0.29) is 4.90 Å². The van der Waals surface area contributed by atoms with Gasteiger partial charge in [0, 0.05) is 18.7 Å². The Balaban J connectivity index is 1.89. The third-order valence-electron chi connectivity index (χ3n) is 4.06. The molecule has 0 unspecified atom stereocenters. The van der Waals surface area contributed by atoms with Gasteiger partial charge in [0.05, 0.1) is 4.90 Å². The number of benzene rings is 1. The molecule has 0 spiro atoms. The molecule has 128 valence electrons. The lowest BCUT2D eigenvalue weighted by molar-refractivity contribution is 0.101. The molecule has 0 bridgehead atoms. The minimum absolute atomic E-state index is 0.143. The van der Waals surface area contributed by atoms with Gasteiger partial charge in [-0.2, -0.15) is 4.31 Å². The van der Waals surface area contributed by atoms with Gasteiger partial charge in [-0.3, -0.25) is 10.2 Å². The molecule has 0 saturated carbocycles. The fraction of sp³-hybridized carbons (Fsp3) is 0.400. The Hall–Kier alpha value is -2.26. The van der Waals surface area contributed by atoms with E-state index in [0.717, 1.165) is 19.3 Å². The molecule has 1 aromatic heterocycles. The van der Waals surface area contributed by atoms with Crippen LogP contribution < -0.4 is 5.43 Å². The molecule has 0 atom stereocenters. The minimum atomic E-state index is -3.57. The number of sulfonamides is 1. The van der Waals surface area contributed by atoms with Gasteiger partial charge in [-0.1, -0.05) is 12.5 Å². The molecule has 1 aliphatic heterocycles. The maximum Gasteiger partial charge on any atom is 0.270 e. The minimum Gasteiger partial charge on any atom is -0.267 e. The molecule has 24 heavy (non-hydrogen) atoms. The van der Waals surface area contributed by atoms with Crippen molar-refractivity contribution in [1.82, 2.24) is 19.2 Å². The van der Waals surface area contributed by atoms with Crippen molar-refractivity contribution >= 4 is 15.9 Å². The Kier molecular flexibility index (Phi) is 4.63. The number of piperidine rings is 1. The molecule has 1 saturated heterocycles. The van der Waals surface area contributed by atoms with Crippen LogP contribution in [0.25, 0.3) is 0 Å². The normalized spacial score (nSPS) is 16.0. The van der Waals surface area contributed by atoms with Gasteiger partial charge in [0.25, 0.3) is 5.91 Å². The number of hydrogen-bond donors (Lipinski definition) is 1. The number of aromatic nitrogens is 3. The Bertz CT molecular complexity index is 827. The van der Waals surface area contributed by atoms with Crippen LogP contribution >= 0.6 is 0 Å². The largest absolute Gasteiger partial charge is 0.270 e. The molecule has 3 rings (SSSR count). The van der Waals surface area contributed by atoms with Gasteiger partial charge in [0.15, 0.2) is 0 Å². The molecule has 2 heterocycles. The Morgan fingerprint density at radius 1 is 1.12 bits per heavy atom. The first-order chi connectivity index (χ1) is 11.5. The second-order valence-corrected chi connectivity index (χ2v) is 7.69. The van der Waals surface area contributed by atoms with Gasteiger partial charge in [-0.05, 0) is 37.5 Å². The lowest BCUT2D eigenvalue weighted by atomic mass is 10.1. The van der Waals surface area contributed by atoms with Crippen molar-refractivity contribution in [1.29, 1.82) is 0 Å². The van der Waals surface area contributed by atoms with E-state index in [9.17, 15) is 13.2 Å². The Labute approximate surface area is 140 Å². The number of nitrogens with one attached hydrogen (secondary N) is 1. The quantitative estimate of drug-likeness (QED) is 0.893. The topological polar surface area (TPSA) is 97.2 Å². The van der Waals surface area contributed by atoms with Crippen molar-refractivity contribution < 1.29 is 13.2 Å². The van der Waals surface area contributed by atoms with Crippen LogP contribution in [0.4, 0.5) is 0 Å². The highest BCUT2D eigenvalue weighted by Gasteiger charge is 2.27. The third kappa shape index (κ3) is 3.31. The molecule has 8 nitrogen and oxygen atoms in total. The summed E-state index contributed by atoms with van der Waals surface area (Å²) >= 11 is 0. The number of nitrogens with zero attached hydrogens (tertiary/aromatic N) is 4. The summed E-state index contributed by atoms with van der Waals surface area (Å²) in [5.74, 6) is -0.414. The van der Waals surface area contributed by atoms with Crippen LogP contribution in [0.2, 0.25) is 0 Å². The van der Waals surface area contributed by atoms with Gasteiger partial charge >= 0.3 is 0 Å². The molecule has 1 aliphatic rings. The molecular formula is C15H19N5O3S. The van der Waals surface area contributed by atoms with Crippen molar-refractivity contribution in [2.45, 2.75) is 31.1 Å². The lowest BCUT2D eigenvalue weighted by Crippen LogP contribution is -2.35. The molecule has 9 heteroatoms. The maximum absolute atomic E-state index is 12.8. The number of hydrogen-bond acceptors (Lipinski definition) is 5. The molecule has 0 radical (unpaired) electrons. The monoisotopic (exact) mass is 349 g/mol. The average molecular weight is 349 g/mol. The average Bonchev–Trinajstić information content (AvgIpc) is 3.08. The van der Waals surface area contributed by atoms with Crippen molar-refractivity contribution in [3.8, 4) is 0 Å². The number of carbonyl (C=O) groups is 1. The number of amides is 1. The van der Waals surface area contributed by atoms with E-state index < -0.39 is 15.9 Å². The summed E-state index contributed by atoms with van der Waals surface area (Å²) in [4.78, 5) is 12.5. The fourth-order valence-electron chi connectivity index (χ4n) is 2.70. The lowest BCUT2D eigenvalue weighted by Gasteiger charge is -2.26. The van der Waals surface area contributed by atoms with Crippen molar-refractivity contribution in [2.75, 3.05) is 18.5 Å². The molecule has 1 aromatic carbocycles. The van der Waals surface area contributed by atoms with E-state index in [1.807, 2.05) is 0 Å². The van der Waals surface area contributed by atoms with Crippen LogP contribution in [0.1, 0.15) is 35.2 Å². The number of rotatable bonds is 4. The van der Waals surface area contributed by atoms with Gasteiger partial charge < -0.3 is 0 Å². The second-order valence-electron chi connectivity index (χ2n) is 5.75. The summed E-state index contributed by atoms with van der Waals surface area (Å²) < 4.78 is 28.3. The van der Waals surface area contributed by atoms with Gasteiger partial charge in [0.2, 0.25) is 10.0 Å². The molecule has 1 amide bonds. The number of carbonyl (C=O) groups excluding carboxylic acids is 1. The summed E-state index contributed by atoms with van der Waals surface area (Å²) in [6.45, 7) is 2.81. The smallest absolute Gasteiger partial charge is 0.267 e. The first kappa shape index (κ1) is 16.6. The first-order valence-corrected chi connectivity index (χ1v) is 9.19. The zero-order valence-corrected chi connectivity index (χ0v) is 14.2. The van der Waals surface area contributed by atoms with E-state index >= 15 is 0 Å². The molecular weight excluding hydrogens is 330 g/mol. The van der Waals surface area contributed by atoms with E-state index in [1.165, 1.54) is 27.7 Å². The zero-order chi connectivity index (χ0) is 17.2. The molecule has 0 aliphatic carbocycles. The standard InChI is InChI=1S/C15H19N5O3S/c1-12-5-6-13(24(22,23)20-7-3-2-4-8-20)9-14(12)15(21)18-19-10-16-17-11-19/h5-6,9-11H,2-4,7-8H2,1H3,(H,18,21). The van der Waals surface area contributed by atoms with Crippen molar-refractivity contribution in [2.24, 2.45) is 0 Å². The van der Waals surface area contributed by atoms with Crippen molar-refractivity contribution in [3.63, 3.8) is 0 Å². The predicted molar refractivity (Wildman–Crippen MR) is 87.5 cm³/mol. The third-order valence-corrected chi connectivity index (χ3v) is 5.95. The van der Waals surface area contributed by atoms with Crippen LogP contribution in [-0.4, -0.2) is 46.6 Å². The molecule has 1 N–H and O–H groups in total. The highest BCUT2D eigenvalue weighted by Crippen LogP contribution is 2.22. The SMILES string of the molecule is Cc1ccc(S(=O)(=O)N2CCCCC2)cc1C(=O)Nn1cnnc1.